The molecular formula is C22H28N4O2S. The van der Waals surface area contributed by atoms with Crippen LogP contribution in [0.4, 0.5) is 5.13 Å². The van der Waals surface area contributed by atoms with E-state index >= 15 is 0 Å². The van der Waals surface area contributed by atoms with Crippen molar-refractivity contribution >= 4 is 28.3 Å². The van der Waals surface area contributed by atoms with Gasteiger partial charge in [-0.1, -0.05) is 29.8 Å². The van der Waals surface area contributed by atoms with Crippen LogP contribution in [-0.2, 0) is 29.0 Å². The molecule has 7 heteroatoms. The Morgan fingerprint density at radius 2 is 1.90 bits per heavy atom. The molecule has 1 aliphatic carbocycles. The van der Waals surface area contributed by atoms with Crippen molar-refractivity contribution in [2.45, 2.75) is 39.7 Å². The van der Waals surface area contributed by atoms with Gasteiger partial charge in [-0.25, -0.2) is 4.98 Å². The molecule has 0 radical (unpaired) electrons. The van der Waals surface area contributed by atoms with Gasteiger partial charge in [0.1, 0.15) is 0 Å². The standard InChI is InChI=1S/C22H28N4O2S/c1-15-3-5-17(6-4-15)14-23-21(28)18-7-8-19-20(13-18)29-22(24-19)26-11-9-25(10-12-26)16(2)27/h3-6,18H,7-14H2,1-2H3,(H,23,28). The van der Waals surface area contributed by atoms with Crippen LogP contribution in [0, 0.1) is 12.8 Å². The molecule has 4 rings (SSSR count). The molecule has 0 spiro atoms. The second kappa shape index (κ2) is 8.53. The van der Waals surface area contributed by atoms with Gasteiger partial charge in [0.05, 0.1) is 5.69 Å². The molecular weight excluding hydrogens is 384 g/mol. The van der Waals surface area contributed by atoms with Gasteiger partial charge in [-0.2, -0.15) is 0 Å². The SMILES string of the molecule is CC(=O)N1CCN(c2nc3c(s2)CC(C(=O)NCc2ccc(C)cc2)CC3)CC1. The summed E-state index contributed by atoms with van der Waals surface area (Å²) in [6.07, 6.45) is 2.50. The van der Waals surface area contributed by atoms with Crippen LogP contribution < -0.4 is 10.2 Å². The van der Waals surface area contributed by atoms with E-state index in [0.29, 0.717) is 6.54 Å². The number of benzene rings is 1. The van der Waals surface area contributed by atoms with E-state index in [9.17, 15) is 9.59 Å². The number of carbonyl (C=O) groups is 2. The molecule has 1 unspecified atom stereocenters. The predicted octanol–water partition coefficient (Wildman–Crippen LogP) is 2.54. The third-order valence-corrected chi connectivity index (χ3v) is 7.06. The molecule has 0 saturated carbocycles. The number of fused-ring (bicyclic) bond motifs is 1. The molecule has 1 aliphatic heterocycles. The van der Waals surface area contributed by atoms with Crippen molar-refractivity contribution in [3.63, 3.8) is 0 Å². The summed E-state index contributed by atoms with van der Waals surface area (Å²) in [6.45, 7) is 7.43. The molecule has 2 aliphatic rings. The van der Waals surface area contributed by atoms with Crippen LogP contribution in [0.2, 0.25) is 0 Å². The van der Waals surface area contributed by atoms with Gasteiger partial charge in [-0.15, -0.1) is 11.3 Å². The second-order valence-electron chi connectivity index (χ2n) is 8.00. The zero-order chi connectivity index (χ0) is 20.4. The van der Waals surface area contributed by atoms with Crippen molar-refractivity contribution in [3.05, 3.63) is 46.0 Å². The normalized spacial score (nSPS) is 19.0. The number of aromatic nitrogens is 1. The van der Waals surface area contributed by atoms with E-state index in [-0.39, 0.29) is 17.7 Å². The van der Waals surface area contributed by atoms with Crippen LogP contribution in [0.3, 0.4) is 0 Å². The lowest BCUT2D eigenvalue weighted by molar-refractivity contribution is -0.129. The van der Waals surface area contributed by atoms with Gasteiger partial charge in [-0.3, -0.25) is 9.59 Å². The number of nitrogens with one attached hydrogen (secondary N) is 1. The molecule has 1 aromatic heterocycles. The molecule has 1 saturated heterocycles. The summed E-state index contributed by atoms with van der Waals surface area (Å²) >= 11 is 1.72. The number of nitrogens with zero attached hydrogens (tertiary/aromatic N) is 3. The number of amides is 2. The van der Waals surface area contributed by atoms with Crippen LogP contribution in [0.15, 0.2) is 24.3 Å². The Balaban J connectivity index is 1.33. The zero-order valence-electron chi connectivity index (χ0n) is 17.1. The van der Waals surface area contributed by atoms with Gasteiger partial charge < -0.3 is 15.1 Å². The minimum atomic E-state index is 0.0239. The fourth-order valence-electron chi connectivity index (χ4n) is 3.97. The van der Waals surface area contributed by atoms with Gasteiger partial charge in [-0.05, 0) is 31.7 Å². The Bertz CT molecular complexity index is 885. The van der Waals surface area contributed by atoms with Crippen molar-refractivity contribution in [1.29, 1.82) is 0 Å². The van der Waals surface area contributed by atoms with Gasteiger partial charge in [0.25, 0.3) is 0 Å². The maximum absolute atomic E-state index is 12.7. The topological polar surface area (TPSA) is 65.5 Å². The van der Waals surface area contributed by atoms with E-state index in [2.05, 4.69) is 41.4 Å². The highest BCUT2D eigenvalue weighted by atomic mass is 32.1. The van der Waals surface area contributed by atoms with Crippen molar-refractivity contribution < 1.29 is 9.59 Å². The minimum Gasteiger partial charge on any atom is -0.352 e. The first kappa shape index (κ1) is 19.9. The average Bonchev–Trinajstić information content (AvgIpc) is 3.16. The third-order valence-electron chi connectivity index (χ3n) is 5.88. The van der Waals surface area contributed by atoms with Gasteiger partial charge >= 0.3 is 0 Å². The Kier molecular flexibility index (Phi) is 5.85. The zero-order valence-corrected chi connectivity index (χ0v) is 17.9. The summed E-state index contributed by atoms with van der Waals surface area (Å²) in [5.74, 6) is 0.305. The summed E-state index contributed by atoms with van der Waals surface area (Å²) < 4.78 is 0. The largest absolute Gasteiger partial charge is 0.352 e. The smallest absolute Gasteiger partial charge is 0.223 e. The second-order valence-corrected chi connectivity index (χ2v) is 9.06. The molecule has 2 aromatic rings. The fourth-order valence-corrected chi connectivity index (χ4v) is 5.21. The number of aryl methyl sites for hydroxylation is 2. The molecule has 154 valence electrons. The highest BCUT2D eigenvalue weighted by molar-refractivity contribution is 7.15. The number of piperazine rings is 1. The van der Waals surface area contributed by atoms with Crippen LogP contribution in [0.5, 0.6) is 0 Å². The lowest BCUT2D eigenvalue weighted by atomic mass is 9.90. The molecule has 2 heterocycles. The van der Waals surface area contributed by atoms with E-state index in [4.69, 9.17) is 4.98 Å². The Hall–Kier alpha value is -2.41. The van der Waals surface area contributed by atoms with E-state index in [1.165, 1.54) is 10.4 Å². The van der Waals surface area contributed by atoms with Crippen molar-refractivity contribution in [1.82, 2.24) is 15.2 Å². The third kappa shape index (κ3) is 4.61. The highest BCUT2D eigenvalue weighted by Gasteiger charge is 2.29. The highest BCUT2D eigenvalue weighted by Crippen LogP contribution is 2.34. The molecule has 1 fully saturated rings. The van der Waals surface area contributed by atoms with Crippen LogP contribution >= 0.6 is 11.3 Å². The lowest BCUT2D eigenvalue weighted by Gasteiger charge is -2.33. The summed E-state index contributed by atoms with van der Waals surface area (Å²) in [6, 6.07) is 8.28. The predicted molar refractivity (Wildman–Crippen MR) is 115 cm³/mol. The fraction of sp³-hybridized carbons (Fsp3) is 0.500. The molecule has 1 N–H and O–H groups in total. The van der Waals surface area contributed by atoms with E-state index in [1.807, 2.05) is 4.90 Å². The molecule has 6 nitrogen and oxygen atoms in total. The number of thiazole rings is 1. The summed E-state index contributed by atoms with van der Waals surface area (Å²) in [4.78, 5) is 34.5. The first-order valence-electron chi connectivity index (χ1n) is 10.3. The number of rotatable bonds is 4. The summed E-state index contributed by atoms with van der Waals surface area (Å²) in [5, 5.41) is 4.14. The first-order chi connectivity index (χ1) is 14.0. The van der Waals surface area contributed by atoms with Crippen LogP contribution in [-0.4, -0.2) is 47.9 Å². The average molecular weight is 413 g/mol. The number of hydrogen-bond donors (Lipinski definition) is 1. The Morgan fingerprint density at radius 1 is 1.17 bits per heavy atom. The minimum absolute atomic E-state index is 0.0239. The van der Waals surface area contributed by atoms with Crippen LogP contribution in [0.25, 0.3) is 0 Å². The summed E-state index contributed by atoms with van der Waals surface area (Å²) in [7, 11) is 0. The van der Waals surface area contributed by atoms with Crippen molar-refractivity contribution in [2.75, 3.05) is 31.1 Å². The lowest BCUT2D eigenvalue weighted by Crippen LogP contribution is -2.48. The molecule has 0 bridgehead atoms. The molecule has 1 atom stereocenters. The molecule has 2 amide bonds. The number of anilines is 1. The molecule has 29 heavy (non-hydrogen) atoms. The van der Waals surface area contributed by atoms with Gasteiger partial charge in [0.15, 0.2) is 5.13 Å². The maximum Gasteiger partial charge on any atom is 0.223 e. The van der Waals surface area contributed by atoms with Crippen LogP contribution in [0.1, 0.15) is 35.0 Å². The Morgan fingerprint density at radius 3 is 2.59 bits per heavy atom. The van der Waals surface area contributed by atoms with Crippen molar-refractivity contribution in [2.24, 2.45) is 5.92 Å². The first-order valence-corrected chi connectivity index (χ1v) is 11.1. The Labute approximate surface area is 175 Å². The van der Waals surface area contributed by atoms with E-state index in [1.54, 1.807) is 18.3 Å². The van der Waals surface area contributed by atoms with Crippen molar-refractivity contribution in [3.8, 4) is 0 Å². The van der Waals surface area contributed by atoms with Gasteiger partial charge in [0, 0.05) is 50.4 Å². The maximum atomic E-state index is 12.7. The number of carbonyl (C=O) groups excluding carboxylic acids is 2. The summed E-state index contributed by atoms with van der Waals surface area (Å²) in [5.41, 5.74) is 3.51. The monoisotopic (exact) mass is 412 g/mol. The molecule has 1 aromatic carbocycles. The quantitative estimate of drug-likeness (QED) is 0.838. The van der Waals surface area contributed by atoms with Gasteiger partial charge in [0.2, 0.25) is 11.8 Å². The number of hydrogen-bond acceptors (Lipinski definition) is 5. The van der Waals surface area contributed by atoms with E-state index < -0.39 is 0 Å². The van der Waals surface area contributed by atoms with E-state index in [0.717, 1.165) is 61.8 Å².